The van der Waals surface area contributed by atoms with Crippen molar-refractivity contribution in [2.75, 3.05) is 11.4 Å². The van der Waals surface area contributed by atoms with Gasteiger partial charge in [0.05, 0.1) is 22.8 Å². The number of nitrogens with one attached hydrogen (secondary N) is 2. The van der Waals surface area contributed by atoms with E-state index in [1.807, 2.05) is 0 Å². The summed E-state index contributed by atoms with van der Waals surface area (Å²) in [5.41, 5.74) is -1.30. The van der Waals surface area contributed by atoms with E-state index >= 15 is 0 Å². The topological polar surface area (TPSA) is 61.4 Å². The van der Waals surface area contributed by atoms with E-state index < -0.39 is 38.3 Å². The van der Waals surface area contributed by atoms with Crippen molar-refractivity contribution in [3.05, 3.63) is 71.6 Å². The van der Waals surface area contributed by atoms with Gasteiger partial charge in [0.1, 0.15) is 0 Å². The van der Waals surface area contributed by atoms with Crippen LogP contribution in [-0.2, 0) is 22.7 Å². The lowest BCUT2D eigenvalue weighted by molar-refractivity contribution is -0.137. The second-order valence-corrected chi connectivity index (χ2v) is 7.66. The monoisotopic (exact) mass is 419 g/mol. The first-order valence-corrected chi connectivity index (χ1v) is 9.37. The number of nitrogens with zero attached hydrogens (tertiary/aromatic N) is 1. The maximum Gasteiger partial charge on any atom is 0.416 e. The van der Waals surface area contributed by atoms with Gasteiger partial charge in [0.2, 0.25) is 0 Å². The Kier molecular flexibility index (Phi) is 5.20. The number of anilines is 1. The maximum absolute atomic E-state index is 13.7. The molecule has 2 aromatic rings. The summed E-state index contributed by atoms with van der Waals surface area (Å²) in [5, 5.41) is 2.86. The maximum atomic E-state index is 13.7. The summed E-state index contributed by atoms with van der Waals surface area (Å²) in [6, 6.07) is 4.62. The smallest absolute Gasteiger partial charge is 0.373 e. The highest BCUT2D eigenvalue weighted by molar-refractivity contribution is 7.92. The normalized spacial score (nSPS) is 14.2. The molecular formula is C17H14F5N3O2S. The van der Waals surface area contributed by atoms with E-state index in [1.54, 1.807) is 17.3 Å². The van der Waals surface area contributed by atoms with Gasteiger partial charge >= 0.3 is 6.18 Å². The molecule has 3 rings (SSSR count). The van der Waals surface area contributed by atoms with Crippen LogP contribution in [-0.4, -0.2) is 20.0 Å². The number of alkyl halides is 3. The Morgan fingerprint density at radius 2 is 1.82 bits per heavy atom. The van der Waals surface area contributed by atoms with Crippen LogP contribution in [0.1, 0.15) is 11.1 Å². The number of hydrogen-bond donors (Lipinski definition) is 2. The predicted octanol–water partition coefficient (Wildman–Crippen LogP) is 3.62. The highest BCUT2D eigenvalue weighted by atomic mass is 32.2. The molecule has 0 atom stereocenters. The van der Waals surface area contributed by atoms with E-state index in [9.17, 15) is 30.4 Å². The summed E-state index contributed by atoms with van der Waals surface area (Å²) in [7, 11) is -4.47. The van der Waals surface area contributed by atoms with E-state index in [0.29, 0.717) is 18.8 Å². The second kappa shape index (κ2) is 7.30. The van der Waals surface area contributed by atoms with E-state index in [2.05, 4.69) is 10.0 Å². The Morgan fingerprint density at radius 1 is 1.11 bits per heavy atom. The van der Waals surface area contributed by atoms with Crippen molar-refractivity contribution in [3.63, 3.8) is 0 Å². The summed E-state index contributed by atoms with van der Waals surface area (Å²) in [6.07, 6.45) is -1.48. The van der Waals surface area contributed by atoms with Gasteiger partial charge < -0.3 is 10.2 Å². The number of halogens is 5. The molecule has 28 heavy (non-hydrogen) atoms. The van der Waals surface area contributed by atoms with Gasteiger partial charge in [-0.25, -0.2) is 17.2 Å². The molecule has 0 amide bonds. The van der Waals surface area contributed by atoms with E-state index in [-0.39, 0.29) is 17.8 Å². The molecular weight excluding hydrogens is 405 g/mol. The van der Waals surface area contributed by atoms with Crippen molar-refractivity contribution in [3.8, 4) is 0 Å². The molecule has 0 spiro atoms. The van der Waals surface area contributed by atoms with Gasteiger partial charge in [-0.1, -0.05) is 6.07 Å². The molecule has 0 saturated carbocycles. The zero-order valence-electron chi connectivity index (χ0n) is 14.1. The van der Waals surface area contributed by atoms with Crippen molar-refractivity contribution in [1.82, 2.24) is 10.2 Å². The minimum atomic E-state index is -4.73. The van der Waals surface area contributed by atoms with Crippen LogP contribution >= 0.6 is 0 Å². The summed E-state index contributed by atoms with van der Waals surface area (Å²) < 4.78 is 93.0. The van der Waals surface area contributed by atoms with Crippen LogP contribution in [0.5, 0.6) is 0 Å². The van der Waals surface area contributed by atoms with Crippen LogP contribution in [0.25, 0.3) is 0 Å². The minimum Gasteiger partial charge on any atom is -0.373 e. The van der Waals surface area contributed by atoms with Gasteiger partial charge in [-0.05, 0) is 29.8 Å². The largest absolute Gasteiger partial charge is 0.416 e. The predicted molar refractivity (Wildman–Crippen MR) is 91.3 cm³/mol. The third kappa shape index (κ3) is 4.35. The number of sulfonamides is 1. The highest BCUT2D eigenvalue weighted by Gasteiger charge is 2.32. The molecule has 0 unspecified atom stereocenters. The molecule has 2 N–H and O–H groups in total. The molecule has 0 aliphatic carbocycles. The zero-order chi connectivity index (χ0) is 20.5. The Labute approximate surface area is 157 Å². The van der Waals surface area contributed by atoms with Crippen LogP contribution < -0.4 is 10.0 Å². The second-order valence-electron chi connectivity index (χ2n) is 5.98. The lowest BCUT2D eigenvalue weighted by Crippen LogP contribution is -2.22. The number of rotatable bonds is 5. The standard InChI is InChI=1S/C17H14F5N3O2S/c18-14-6-11(9-25-5-4-23-10-25)16(8-15(14)19)24-28(26,27)13-3-1-2-12(7-13)17(20,21)22/h1-8,23-24H,9-10H2. The quantitative estimate of drug-likeness (QED) is 0.727. The Balaban J connectivity index is 1.95. The first kappa shape index (κ1) is 19.9. The molecule has 0 saturated heterocycles. The fourth-order valence-electron chi connectivity index (χ4n) is 2.57. The third-order valence-corrected chi connectivity index (χ3v) is 5.30. The fourth-order valence-corrected chi connectivity index (χ4v) is 3.70. The Bertz CT molecular complexity index is 1020. The zero-order valence-corrected chi connectivity index (χ0v) is 14.9. The lowest BCUT2D eigenvalue weighted by atomic mass is 10.1. The van der Waals surface area contributed by atoms with Crippen LogP contribution in [0.2, 0.25) is 0 Å². The van der Waals surface area contributed by atoms with Crippen molar-refractivity contribution in [2.45, 2.75) is 17.6 Å². The van der Waals surface area contributed by atoms with E-state index in [4.69, 9.17) is 0 Å². The average molecular weight is 419 g/mol. The van der Waals surface area contributed by atoms with Gasteiger partial charge in [0, 0.05) is 25.0 Å². The first-order valence-electron chi connectivity index (χ1n) is 7.88. The Morgan fingerprint density at radius 3 is 2.46 bits per heavy atom. The van der Waals surface area contributed by atoms with Gasteiger partial charge in [-0.2, -0.15) is 13.2 Å². The average Bonchev–Trinajstić information content (AvgIpc) is 3.11. The van der Waals surface area contributed by atoms with Crippen molar-refractivity contribution >= 4 is 15.7 Å². The molecule has 1 aliphatic heterocycles. The fraction of sp³-hybridized carbons (Fsp3) is 0.176. The lowest BCUT2D eigenvalue weighted by Gasteiger charge is -2.19. The summed E-state index contributed by atoms with van der Waals surface area (Å²) >= 11 is 0. The molecule has 0 aromatic heterocycles. The summed E-state index contributed by atoms with van der Waals surface area (Å²) in [6.45, 7) is 0.417. The SMILES string of the molecule is O=S(=O)(Nc1cc(F)c(F)cc1CN1C=CNC1)c1cccc(C(F)(F)F)c1. The minimum absolute atomic E-state index is 0.0428. The number of benzene rings is 2. The van der Waals surface area contributed by atoms with Crippen LogP contribution in [0.3, 0.4) is 0 Å². The van der Waals surface area contributed by atoms with E-state index in [1.165, 1.54) is 0 Å². The molecule has 0 radical (unpaired) electrons. The Hall–Kier alpha value is -2.82. The molecule has 2 aromatic carbocycles. The molecule has 1 heterocycles. The first-order chi connectivity index (χ1) is 13.1. The van der Waals surface area contributed by atoms with Gasteiger partial charge in [-0.15, -0.1) is 0 Å². The highest BCUT2D eigenvalue weighted by Crippen LogP contribution is 2.31. The van der Waals surface area contributed by atoms with Crippen molar-refractivity contribution < 1.29 is 30.4 Å². The van der Waals surface area contributed by atoms with Crippen LogP contribution in [0, 0.1) is 11.6 Å². The molecule has 150 valence electrons. The van der Waals surface area contributed by atoms with Gasteiger partial charge in [0.25, 0.3) is 10.0 Å². The molecule has 0 bridgehead atoms. The molecule has 11 heteroatoms. The van der Waals surface area contributed by atoms with Crippen molar-refractivity contribution in [1.29, 1.82) is 0 Å². The van der Waals surface area contributed by atoms with Crippen LogP contribution in [0.15, 0.2) is 53.7 Å². The van der Waals surface area contributed by atoms with Gasteiger partial charge in [0.15, 0.2) is 11.6 Å². The van der Waals surface area contributed by atoms with Gasteiger partial charge in [-0.3, -0.25) is 4.72 Å². The van der Waals surface area contributed by atoms with Crippen LogP contribution in [0.4, 0.5) is 27.6 Å². The molecule has 5 nitrogen and oxygen atoms in total. The number of hydrogen-bond acceptors (Lipinski definition) is 4. The third-order valence-electron chi connectivity index (χ3n) is 3.93. The summed E-state index contributed by atoms with van der Waals surface area (Å²) in [5.74, 6) is -2.46. The molecule has 0 fully saturated rings. The summed E-state index contributed by atoms with van der Waals surface area (Å²) in [4.78, 5) is 1.01. The van der Waals surface area contributed by atoms with Crippen molar-refractivity contribution in [2.24, 2.45) is 0 Å². The molecule has 1 aliphatic rings. The van der Waals surface area contributed by atoms with E-state index in [0.717, 1.165) is 24.3 Å².